The van der Waals surface area contributed by atoms with E-state index in [0.717, 1.165) is 32.9 Å². The SMILES string of the molecule is C=CC1=C(C(=O)[O-])N2C(=O)[C@@H](NC(=O)/C(=N/OC(c3ccccc3)(c3ccccc3)c3ccccc3)c3csc(N)n3)[C@H]2SC1.[K+]. The summed E-state index contributed by atoms with van der Waals surface area (Å²) in [5.74, 6) is -2.53. The molecule has 0 radical (unpaired) electrons. The second kappa shape index (κ2) is 14.5. The maximum atomic E-state index is 13.9. The molecule has 3 aromatic carbocycles. The number of thioether (sulfide) groups is 1. The van der Waals surface area contributed by atoms with Crippen molar-refractivity contribution in [2.75, 3.05) is 11.5 Å². The molecule has 0 aliphatic carbocycles. The number of hydrogen-bond acceptors (Lipinski definition) is 10. The number of carbonyl (C=O) groups excluding carboxylic acids is 3. The van der Waals surface area contributed by atoms with Gasteiger partial charge in [0.2, 0.25) is 5.60 Å². The Hall–Kier alpha value is -3.56. The van der Waals surface area contributed by atoms with E-state index in [-0.39, 0.29) is 79.4 Å². The van der Waals surface area contributed by atoms with E-state index in [2.05, 4.69) is 22.0 Å². The Morgan fingerprint density at radius 1 is 1.02 bits per heavy atom. The first-order chi connectivity index (χ1) is 21.8. The quantitative estimate of drug-likeness (QED) is 0.0787. The van der Waals surface area contributed by atoms with Gasteiger partial charge >= 0.3 is 51.4 Å². The Kier molecular flexibility index (Phi) is 10.6. The van der Waals surface area contributed by atoms with Crippen molar-refractivity contribution in [1.82, 2.24) is 15.2 Å². The third kappa shape index (κ3) is 6.23. The van der Waals surface area contributed by atoms with Gasteiger partial charge in [0, 0.05) is 27.8 Å². The first-order valence-electron chi connectivity index (χ1n) is 13.8. The van der Waals surface area contributed by atoms with Crippen LogP contribution in [0.25, 0.3) is 0 Å². The molecule has 13 heteroatoms. The second-order valence-corrected chi connectivity index (χ2v) is 12.1. The number of amides is 2. The predicted octanol–water partition coefficient (Wildman–Crippen LogP) is 0.0320. The Morgan fingerprint density at radius 2 is 1.57 bits per heavy atom. The molecular weight excluding hydrogens is 650 g/mol. The molecule has 0 spiro atoms. The first kappa shape index (κ1) is 33.8. The number of thiazole rings is 1. The van der Waals surface area contributed by atoms with Gasteiger partial charge in [0.25, 0.3) is 11.8 Å². The summed E-state index contributed by atoms with van der Waals surface area (Å²) >= 11 is 2.43. The van der Waals surface area contributed by atoms with Gasteiger partial charge in [0.1, 0.15) is 17.1 Å². The largest absolute Gasteiger partial charge is 1.00 e. The van der Waals surface area contributed by atoms with Crippen molar-refractivity contribution < 1.29 is 75.7 Å². The zero-order valence-corrected chi connectivity index (χ0v) is 29.4. The summed E-state index contributed by atoms with van der Waals surface area (Å²) in [5, 5.41) is 20.2. The molecule has 1 fully saturated rings. The number of carboxylic acid groups (broad SMARTS) is 1. The van der Waals surface area contributed by atoms with E-state index in [0.29, 0.717) is 5.57 Å². The third-order valence-electron chi connectivity index (χ3n) is 7.52. The summed E-state index contributed by atoms with van der Waals surface area (Å²) in [6.45, 7) is 3.64. The molecule has 2 atom stereocenters. The monoisotopic (exact) mass is 675 g/mol. The fraction of sp³-hybridized carbons (Fsp3) is 0.121. The molecule has 2 amide bonds. The summed E-state index contributed by atoms with van der Waals surface area (Å²) in [6, 6.07) is 27.5. The van der Waals surface area contributed by atoms with Crippen LogP contribution in [0.1, 0.15) is 22.4 Å². The molecule has 0 bridgehead atoms. The molecule has 10 nitrogen and oxygen atoms in total. The Balaban J connectivity index is 0.00000417. The topological polar surface area (TPSA) is 150 Å². The normalized spacial score (nSPS) is 17.7. The minimum atomic E-state index is -1.49. The van der Waals surface area contributed by atoms with Gasteiger partial charge in [-0.2, -0.15) is 0 Å². The van der Waals surface area contributed by atoms with Gasteiger partial charge in [-0.3, -0.25) is 14.5 Å². The molecular formula is C33H26KN5O5S2. The number of β-lactam (4-membered cyclic amide) rings is 1. The second-order valence-electron chi connectivity index (χ2n) is 10.1. The van der Waals surface area contributed by atoms with Crippen LogP contribution in [0.3, 0.4) is 0 Å². The summed E-state index contributed by atoms with van der Waals surface area (Å²) < 4.78 is 0. The Labute approximate surface area is 315 Å². The molecule has 1 saturated heterocycles. The summed E-state index contributed by atoms with van der Waals surface area (Å²) in [4.78, 5) is 50.9. The fourth-order valence-electron chi connectivity index (χ4n) is 5.39. The Bertz CT molecular complexity index is 1740. The van der Waals surface area contributed by atoms with Gasteiger partial charge in [-0.1, -0.05) is 109 Å². The number of hydrogen-bond donors (Lipinski definition) is 2. The molecule has 0 saturated carbocycles. The molecule has 3 N–H and O–H groups in total. The van der Waals surface area contributed by atoms with Gasteiger partial charge in [0.15, 0.2) is 10.8 Å². The van der Waals surface area contributed by atoms with E-state index >= 15 is 0 Å². The number of allylic oxidation sites excluding steroid dienone is 1. The molecule has 0 unspecified atom stereocenters. The number of aromatic nitrogens is 1. The number of rotatable bonds is 10. The van der Waals surface area contributed by atoms with E-state index in [9.17, 15) is 19.5 Å². The fourth-order valence-corrected chi connectivity index (χ4v) is 7.28. The van der Waals surface area contributed by atoms with E-state index < -0.39 is 34.8 Å². The minimum absolute atomic E-state index is 0. The number of nitrogens with two attached hydrogens (primary N) is 1. The van der Waals surface area contributed by atoms with Crippen LogP contribution < -0.4 is 67.5 Å². The van der Waals surface area contributed by atoms with Crippen LogP contribution in [0.15, 0.2) is 125 Å². The number of carboxylic acids is 1. The van der Waals surface area contributed by atoms with E-state index in [1.807, 2.05) is 91.0 Å². The van der Waals surface area contributed by atoms with Gasteiger partial charge < -0.3 is 25.8 Å². The third-order valence-corrected chi connectivity index (χ3v) is 9.49. The molecule has 2 aliphatic heterocycles. The maximum absolute atomic E-state index is 13.9. The Morgan fingerprint density at radius 3 is 2.02 bits per heavy atom. The van der Waals surface area contributed by atoms with Crippen LogP contribution in [0, 0.1) is 0 Å². The van der Waals surface area contributed by atoms with Crippen molar-refractivity contribution in [2.45, 2.75) is 17.0 Å². The number of anilines is 1. The van der Waals surface area contributed by atoms with Crippen molar-refractivity contribution >= 4 is 51.7 Å². The van der Waals surface area contributed by atoms with Crippen LogP contribution in [-0.4, -0.2) is 50.5 Å². The number of nitrogens with zero attached hydrogens (tertiary/aromatic N) is 3. The molecule has 4 aromatic rings. The first-order valence-corrected chi connectivity index (χ1v) is 15.7. The summed E-state index contributed by atoms with van der Waals surface area (Å²) in [5.41, 5.74) is 7.00. The van der Waals surface area contributed by atoms with Crippen LogP contribution >= 0.6 is 23.1 Å². The molecule has 226 valence electrons. The number of nitrogen functional groups attached to an aromatic ring is 1. The average Bonchev–Trinajstić information content (AvgIpc) is 3.51. The number of fused-ring (bicyclic) bond motifs is 1. The van der Waals surface area contributed by atoms with Crippen LogP contribution in [0.2, 0.25) is 0 Å². The summed E-state index contributed by atoms with van der Waals surface area (Å²) in [6.07, 6.45) is 1.39. The standard InChI is InChI=1S/C33H27N5O5S2.K/c1-2-20-18-44-30-26(29(40)38(30)27(20)31(41)42)36-28(39)25(24-19-45-32(34)35-24)37-43-33(21-12-6-3-7-13-21,22-14-8-4-9-15-22)23-16-10-5-11-17-23;/h2-17,19,26,30H,1,18H2,(H2,34,35)(H,36,39)(H,41,42);/q;+1/p-1/b37-25+;/t26-,30-;/m1./s1. The summed E-state index contributed by atoms with van der Waals surface area (Å²) in [7, 11) is 0. The van der Waals surface area contributed by atoms with Crippen molar-refractivity contribution in [3.63, 3.8) is 0 Å². The number of benzene rings is 3. The zero-order valence-electron chi connectivity index (χ0n) is 24.7. The van der Waals surface area contributed by atoms with Crippen molar-refractivity contribution in [1.29, 1.82) is 0 Å². The van der Waals surface area contributed by atoms with E-state index in [1.54, 1.807) is 5.38 Å². The van der Waals surface area contributed by atoms with Gasteiger partial charge in [0.05, 0.1) is 11.7 Å². The van der Waals surface area contributed by atoms with Gasteiger partial charge in [-0.25, -0.2) is 4.98 Å². The molecule has 6 rings (SSSR count). The van der Waals surface area contributed by atoms with Crippen LogP contribution in [-0.2, 0) is 24.8 Å². The van der Waals surface area contributed by atoms with Crippen LogP contribution in [0.4, 0.5) is 5.13 Å². The predicted molar refractivity (Wildman–Crippen MR) is 171 cm³/mol. The smallest absolute Gasteiger partial charge is 0.543 e. The van der Waals surface area contributed by atoms with Crippen LogP contribution in [0.5, 0.6) is 0 Å². The van der Waals surface area contributed by atoms with E-state index in [4.69, 9.17) is 10.6 Å². The average molecular weight is 676 g/mol. The van der Waals surface area contributed by atoms with E-state index in [1.165, 1.54) is 17.8 Å². The number of nitrogens with one attached hydrogen (secondary N) is 1. The maximum Gasteiger partial charge on any atom is 1.00 e. The van der Waals surface area contributed by atoms with Gasteiger partial charge in [-0.15, -0.1) is 23.1 Å². The molecule has 2 aliphatic rings. The van der Waals surface area contributed by atoms with Gasteiger partial charge in [-0.05, 0) is 5.57 Å². The number of carbonyl (C=O) groups is 3. The zero-order chi connectivity index (χ0) is 31.6. The van der Waals surface area contributed by atoms with Crippen molar-refractivity contribution in [3.8, 4) is 0 Å². The van der Waals surface area contributed by atoms with Crippen molar-refractivity contribution in [3.05, 3.63) is 143 Å². The minimum Gasteiger partial charge on any atom is -0.543 e. The van der Waals surface area contributed by atoms with Crippen molar-refractivity contribution in [2.24, 2.45) is 5.16 Å². The number of aliphatic carboxylic acids is 1. The molecule has 3 heterocycles. The number of oxime groups is 1. The molecule has 1 aromatic heterocycles. The molecule has 46 heavy (non-hydrogen) atoms.